The van der Waals surface area contributed by atoms with Gasteiger partial charge in [-0.1, -0.05) is 0 Å². The zero-order valence-corrected chi connectivity index (χ0v) is 18.0. The summed E-state index contributed by atoms with van der Waals surface area (Å²) in [6.07, 6.45) is 1.69. The number of pyridine rings is 1. The molecule has 0 bridgehead atoms. The Morgan fingerprint density at radius 1 is 0.967 bits per heavy atom. The molecule has 2 aromatic heterocycles. The van der Waals surface area contributed by atoms with Crippen molar-refractivity contribution >= 4 is 18.0 Å². The summed E-state index contributed by atoms with van der Waals surface area (Å²) < 4.78 is 29.4. The van der Waals surface area contributed by atoms with Crippen molar-refractivity contribution in [3.05, 3.63) is 30.5 Å². The Bertz CT molecular complexity index is 910. The SMILES string of the molecule is COc1nc(-c2cncc(F)c2)cnc1N(C(=O)OC(C)(C)C)C(=O)OC(C)(C)C. The monoisotopic (exact) mass is 420 g/mol. The second kappa shape index (κ2) is 8.60. The summed E-state index contributed by atoms with van der Waals surface area (Å²) in [5.74, 6) is -0.941. The van der Waals surface area contributed by atoms with Crippen LogP contribution >= 0.6 is 0 Å². The van der Waals surface area contributed by atoms with Crippen molar-refractivity contribution in [3.8, 4) is 17.1 Å². The van der Waals surface area contributed by atoms with Crippen molar-refractivity contribution in [2.45, 2.75) is 52.7 Å². The number of anilines is 1. The van der Waals surface area contributed by atoms with Gasteiger partial charge in [-0.25, -0.2) is 23.9 Å². The largest absolute Gasteiger partial charge is 0.478 e. The molecule has 0 spiro atoms. The van der Waals surface area contributed by atoms with Crippen LogP contribution in [0.2, 0.25) is 0 Å². The number of imide groups is 1. The zero-order chi connectivity index (χ0) is 22.7. The van der Waals surface area contributed by atoms with Crippen LogP contribution in [0.25, 0.3) is 11.3 Å². The van der Waals surface area contributed by atoms with Gasteiger partial charge in [0, 0.05) is 11.8 Å². The standard InChI is InChI=1S/C20H25FN4O5/c1-19(2,3)29-17(26)25(18(27)30-20(4,5)6)15-16(28-7)24-14(11-23-15)12-8-13(21)10-22-9-12/h8-11H,1-7H3. The maximum absolute atomic E-state index is 13.5. The number of rotatable bonds is 3. The fraction of sp³-hybridized carbons (Fsp3) is 0.450. The third kappa shape index (κ3) is 6.10. The Kier molecular flexibility index (Phi) is 6.59. The molecule has 0 radical (unpaired) electrons. The molecule has 0 N–H and O–H groups in total. The Morgan fingerprint density at radius 3 is 2.00 bits per heavy atom. The lowest BCUT2D eigenvalue weighted by Crippen LogP contribution is -2.44. The molecule has 30 heavy (non-hydrogen) atoms. The van der Waals surface area contributed by atoms with Gasteiger partial charge in [-0.2, -0.15) is 4.90 Å². The second-order valence-electron chi connectivity index (χ2n) is 8.28. The molecule has 9 nitrogen and oxygen atoms in total. The number of aromatic nitrogens is 3. The molecule has 162 valence electrons. The van der Waals surface area contributed by atoms with Crippen LogP contribution in [-0.2, 0) is 9.47 Å². The van der Waals surface area contributed by atoms with Crippen LogP contribution in [0.15, 0.2) is 24.7 Å². The average molecular weight is 420 g/mol. The van der Waals surface area contributed by atoms with Crippen LogP contribution in [0.4, 0.5) is 19.8 Å². The van der Waals surface area contributed by atoms with Crippen LogP contribution in [-0.4, -0.2) is 45.5 Å². The summed E-state index contributed by atoms with van der Waals surface area (Å²) in [4.78, 5) is 38.3. The van der Waals surface area contributed by atoms with E-state index in [0.717, 1.165) is 6.20 Å². The summed E-state index contributed by atoms with van der Waals surface area (Å²) in [6, 6.07) is 1.22. The molecule has 0 aliphatic heterocycles. The van der Waals surface area contributed by atoms with E-state index in [9.17, 15) is 14.0 Å². The predicted octanol–water partition coefficient (Wildman–Crippen LogP) is 4.36. The third-order valence-corrected chi connectivity index (χ3v) is 3.28. The van der Waals surface area contributed by atoms with E-state index in [1.54, 1.807) is 41.5 Å². The maximum Gasteiger partial charge on any atom is 0.425 e. The fourth-order valence-corrected chi connectivity index (χ4v) is 2.21. The van der Waals surface area contributed by atoms with Crippen LogP contribution in [0.1, 0.15) is 41.5 Å². The minimum absolute atomic E-state index is 0.159. The van der Waals surface area contributed by atoms with Gasteiger partial charge in [0.2, 0.25) is 5.82 Å². The number of halogens is 1. The summed E-state index contributed by atoms with van der Waals surface area (Å²) in [6.45, 7) is 9.92. The summed E-state index contributed by atoms with van der Waals surface area (Å²) >= 11 is 0. The molecule has 0 atom stereocenters. The third-order valence-electron chi connectivity index (χ3n) is 3.28. The van der Waals surface area contributed by atoms with Crippen molar-refractivity contribution in [1.82, 2.24) is 15.0 Å². The van der Waals surface area contributed by atoms with E-state index in [1.165, 1.54) is 25.6 Å². The molecule has 2 aromatic rings. The first kappa shape index (κ1) is 23.0. The quantitative estimate of drug-likeness (QED) is 0.721. The number of nitrogens with zero attached hydrogens (tertiary/aromatic N) is 4. The predicted molar refractivity (Wildman–Crippen MR) is 107 cm³/mol. The number of ether oxygens (including phenoxy) is 3. The van der Waals surface area contributed by atoms with Gasteiger partial charge < -0.3 is 14.2 Å². The molecular formula is C20H25FN4O5. The molecule has 0 saturated heterocycles. The Morgan fingerprint density at radius 2 is 1.53 bits per heavy atom. The molecule has 2 heterocycles. The maximum atomic E-state index is 13.5. The number of carbonyl (C=O) groups is 2. The molecule has 0 saturated carbocycles. The number of hydrogen-bond donors (Lipinski definition) is 0. The van der Waals surface area contributed by atoms with E-state index in [4.69, 9.17) is 14.2 Å². The lowest BCUT2D eigenvalue weighted by molar-refractivity contribution is 0.0427. The number of amides is 2. The lowest BCUT2D eigenvalue weighted by Gasteiger charge is -2.28. The minimum Gasteiger partial charge on any atom is -0.478 e. The van der Waals surface area contributed by atoms with Crippen molar-refractivity contribution in [3.63, 3.8) is 0 Å². The van der Waals surface area contributed by atoms with E-state index < -0.39 is 29.2 Å². The van der Waals surface area contributed by atoms with Gasteiger partial charge in [0.1, 0.15) is 17.0 Å². The molecule has 0 unspecified atom stereocenters. The van der Waals surface area contributed by atoms with Crippen molar-refractivity contribution in [2.24, 2.45) is 0 Å². The van der Waals surface area contributed by atoms with Gasteiger partial charge in [0.05, 0.1) is 25.2 Å². The van der Waals surface area contributed by atoms with E-state index in [-0.39, 0.29) is 17.4 Å². The number of hydrogen-bond acceptors (Lipinski definition) is 8. The second-order valence-corrected chi connectivity index (χ2v) is 8.28. The van der Waals surface area contributed by atoms with Gasteiger partial charge >= 0.3 is 12.2 Å². The minimum atomic E-state index is -1.01. The van der Waals surface area contributed by atoms with Crippen LogP contribution in [0, 0.1) is 5.82 Å². The molecule has 2 amide bonds. The highest BCUT2D eigenvalue weighted by Gasteiger charge is 2.36. The first-order valence-electron chi connectivity index (χ1n) is 9.09. The topological polar surface area (TPSA) is 104 Å². The molecule has 0 aliphatic carbocycles. The molecule has 2 rings (SSSR count). The van der Waals surface area contributed by atoms with Gasteiger partial charge in [0.25, 0.3) is 5.88 Å². The van der Waals surface area contributed by atoms with Gasteiger partial charge in [-0.05, 0) is 47.6 Å². The molecule has 0 aromatic carbocycles. The first-order valence-corrected chi connectivity index (χ1v) is 9.09. The van der Waals surface area contributed by atoms with E-state index >= 15 is 0 Å². The number of carbonyl (C=O) groups excluding carboxylic acids is 2. The smallest absolute Gasteiger partial charge is 0.425 e. The van der Waals surface area contributed by atoms with E-state index in [0.29, 0.717) is 10.5 Å². The average Bonchev–Trinajstić information content (AvgIpc) is 2.59. The Labute approximate surface area is 174 Å². The van der Waals surface area contributed by atoms with E-state index in [1.807, 2.05) is 0 Å². The van der Waals surface area contributed by atoms with E-state index in [2.05, 4.69) is 15.0 Å². The molecular weight excluding hydrogens is 395 g/mol. The fourth-order valence-electron chi connectivity index (χ4n) is 2.21. The summed E-state index contributed by atoms with van der Waals surface area (Å²) in [7, 11) is 1.30. The highest BCUT2D eigenvalue weighted by Crippen LogP contribution is 2.30. The van der Waals surface area contributed by atoms with Gasteiger partial charge in [0.15, 0.2) is 0 Å². The number of methoxy groups -OCH3 is 1. The lowest BCUT2D eigenvalue weighted by atomic mass is 10.2. The van der Waals surface area contributed by atoms with Crippen LogP contribution < -0.4 is 9.64 Å². The molecule has 0 aliphatic rings. The highest BCUT2D eigenvalue weighted by atomic mass is 19.1. The van der Waals surface area contributed by atoms with Crippen molar-refractivity contribution in [2.75, 3.05) is 12.0 Å². The Hall–Kier alpha value is -3.30. The summed E-state index contributed by atoms with van der Waals surface area (Å²) in [5, 5.41) is 0. The molecule has 0 fully saturated rings. The van der Waals surface area contributed by atoms with Crippen LogP contribution in [0.5, 0.6) is 5.88 Å². The zero-order valence-electron chi connectivity index (χ0n) is 18.0. The first-order chi connectivity index (χ1) is 13.8. The summed E-state index contributed by atoms with van der Waals surface area (Å²) in [5.41, 5.74) is -1.19. The van der Waals surface area contributed by atoms with Gasteiger partial charge in [-0.3, -0.25) is 4.98 Å². The normalized spacial score (nSPS) is 11.6. The highest BCUT2D eigenvalue weighted by molar-refractivity contribution is 6.09. The Balaban J connectivity index is 2.53. The van der Waals surface area contributed by atoms with Crippen molar-refractivity contribution in [1.29, 1.82) is 0 Å². The van der Waals surface area contributed by atoms with Gasteiger partial charge in [-0.15, -0.1) is 0 Å². The molecule has 10 heteroatoms. The van der Waals surface area contributed by atoms with Crippen molar-refractivity contribution < 1.29 is 28.2 Å². The van der Waals surface area contributed by atoms with Crippen LogP contribution in [0.3, 0.4) is 0 Å².